The molecule has 2 N–H and O–H groups in total. The fourth-order valence-electron chi connectivity index (χ4n) is 2.79. The van der Waals surface area contributed by atoms with Crippen molar-refractivity contribution in [1.82, 2.24) is 4.90 Å². The standard InChI is InChI=1S/C17H25BrN2O2/c1-13(19)14-6-4-10-20(12-14)17(21)9-5-11-22-16-8-3-2-7-15(16)18/h2-3,7-8,13-14H,4-6,9-12,19H2,1H3/t13-,14+/m1/s1. The number of halogens is 1. The highest BCUT2D eigenvalue weighted by Gasteiger charge is 2.25. The maximum Gasteiger partial charge on any atom is 0.222 e. The van der Waals surface area contributed by atoms with Gasteiger partial charge in [-0.05, 0) is 60.2 Å². The molecule has 1 aromatic rings. The molecule has 5 heteroatoms. The second-order valence-electron chi connectivity index (χ2n) is 5.98. The summed E-state index contributed by atoms with van der Waals surface area (Å²) in [5, 5.41) is 0. The lowest BCUT2D eigenvalue weighted by molar-refractivity contribution is -0.133. The van der Waals surface area contributed by atoms with E-state index in [1.165, 1.54) is 0 Å². The van der Waals surface area contributed by atoms with Gasteiger partial charge in [0.1, 0.15) is 5.75 Å². The van der Waals surface area contributed by atoms with Crippen LogP contribution >= 0.6 is 15.9 Å². The van der Waals surface area contributed by atoms with E-state index in [4.69, 9.17) is 10.5 Å². The monoisotopic (exact) mass is 368 g/mol. The fraction of sp³-hybridized carbons (Fsp3) is 0.588. The third-order valence-corrected chi connectivity index (χ3v) is 4.84. The van der Waals surface area contributed by atoms with Crippen molar-refractivity contribution in [2.45, 2.75) is 38.6 Å². The van der Waals surface area contributed by atoms with Crippen LogP contribution in [0, 0.1) is 5.92 Å². The van der Waals surface area contributed by atoms with E-state index in [0.717, 1.165) is 42.6 Å². The van der Waals surface area contributed by atoms with E-state index in [-0.39, 0.29) is 11.9 Å². The number of benzene rings is 1. The molecule has 1 aliphatic rings. The first kappa shape index (κ1) is 17.3. The number of piperidine rings is 1. The second kappa shape index (κ2) is 8.53. The maximum absolute atomic E-state index is 12.3. The van der Waals surface area contributed by atoms with E-state index in [1.54, 1.807) is 0 Å². The summed E-state index contributed by atoms with van der Waals surface area (Å²) >= 11 is 3.45. The van der Waals surface area contributed by atoms with Crippen LogP contribution in [0.25, 0.3) is 0 Å². The number of carbonyl (C=O) groups excluding carboxylic acids is 1. The predicted molar refractivity (Wildman–Crippen MR) is 91.8 cm³/mol. The molecule has 1 saturated heterocycles. The van der Waals surface area contributed by atoms with Crippen molar-refractivity contribution < 1.29 is 9.53 Å². The maximum atomic E-state index is 12.3. The van der Waals surface area contributed by atoms with Crippen LogP contribution in [0.4, 0.5) is 0 Å². The highest BCUT2D eigenvalue weighted by Crippen LogP contribution is 2.24. The Morgan fingerprint density at radius 1 is 1.50 bits per heavy atom. The first-order chi connectivity index (χ1) is 10.6. The minimum absolute atomic E-state index is 0.161. The summed E-state index contributed by atoms with van der Waals surface area (Å²) in [4.78, 5) is 14.2. The lowest BCUT2D eigenvalue weighted by Gasteiger charge is -2.34. The van der Waals surface area contributed by atoms with Gasteiger partial charge >= 0.3 is 0 Å². The first-order valence-electron chi connectivity index (χ1n) is 7.98. The molecule has 2 atom stereocenters. The number of hydrogen-bond acceptors (Lipinski definition) is 3. The van der Waals surface area contributed by atoms with Gasteiger partial charge in [0, 0.05) is 25.6 Å². The summed E-state index contributed by atoms with van der Waals surface area (Å²) in [7, 11) is 0. The molecule has 4 nitrogen and oxygen atoms in total. The summed E-state index contributed by atoms with van der Waals surface area (Å²) in [5.41, 5.74) is 5.97. The molecule has 2 rings (SSSR count). The average Bonchev–Trinajstić information content (AvgIpc) is 2.53. The highest BCUT2D eigenvalue weighted by molar-refractivity contribution is 9.10. The van der Waals surface area contributed by atoms with Gasteiger partial charge < -0.3 is 15.4 Å². The third-order valence-electron chi connectivity index (χ3n) is 4.18. The minimum atomic E-state index is 0.161. The molecule has 0 radical (unpaired) electrons. The molecule has 122 valence electrons. The van der Waals surface area contributed by atoms with E-state index >= 15 is 0 Å². The van der Waals surface area contributed by atoms with Crippen molar-refractivity contribution in [3.8, 4) is 5.75 Å². The zero-order valence-electron chi connectivity index (χ0n) is 13.1. The van der Waals surface area contributed by atoms with Gasteiger partial charge in [-0.25, -0.2) is 0 Å². The van der Waals surface area contributed by atoms with Crippen LogP contribution in [0.15, 0.2) is 28.7 Å². The number of hydrogen-bond donors (Lipinski definition) is 1. The number of likely N-dealkylation sites (tertiary alicyclic amines) is 1. The molecule has 0 bridgehead atoms. The largest absolute Gasteiger partial charge is 0.492 e. The summed E-state index contributed by atoms with van der Waals surface area (Å²) < 4.78 is 6.64. The Hall–Kier alpha value is -1.07. The molecule has 1 aromatic carbocycles. The van der Waals surface area contributed by atoms with Crippen LogP contribution < -0.4 is 10.5 Å². The molecule has 1 aliphatic heterocycles. The molecule has 1 heterocycles. The van der Waals surface area contributed by atoms with Gasteiger partial charge in [-0.3, -0.25) is 4.79 Å². The van der Waals surface area contributed by atoms with Crippen LogP contribution in [-0.2, 0) is 4.79 Å². The van der Waals surface area contributed by atoms with Crippen molar-refractivity contribution in [3.63, 3.8) is 0 Å². The molecule has 1 amide bonds. The van der Waals surface area contributed by atoms with Gasteiger partial charge in [-0.1, -0.05) is 12.1 Å². The fourth-order valence-corrected chi connectivity index (χ4v) is 3.19. The summed E-state index contributed by atoms with van der Waals surface area (Å²) in [5.74, 6) is 1.49. The van der Waals surface area contributed by atoms with E-state index < -0.39 is 0 Å². The van der Waals surface area contributed by atoms with E-state index in [2.05, 4.69) is 15.9 Å². The SMILES string of the molecule is C[C@@H](N)[C@H]1CCCN(C(=O)CCCOc2ccccc2Br)C1. The summed E-state index contributed by atoms with van der Waals surface area (Å²) in [6, 6.07) is 7.92. The van der Waals surface area contributed by atoms with E-state index in [1.807, 2.05) is 36.1 Å². The van der Waals surface area contributed by atoms with Crippen molar-refractivity contribution in [1.29, 1.82) is 0 Å². The van der Waals surface area contributed by atoms with Crippen LogP contribution in [0.3, 0.4) is 0 Å². The lowest BCUT2D eigenvalue weighted by atomic mass is 9.92. The van der Waals surface area contributed by atoms with Gasteiger partial charge in [0.25, 0.3) is 0 Å². The van der Waals surface area contributed by atoms with Gasteiger partial charge in [0.05, 0.1) is 11.1 Å². The Morgan fingerprint density at radius 3 is 3.00 bits per heavy atom. The molecular formula is C17H25BrN2O2. The first-order valence-corrected chi connectivity index (χ1v) is 8.78. The Bertz CT molecular complexity index is 493. The second-order valence-corrected chi connectivity index (χ2v) is 6.84. The molecule has 0 saturated carbocycles. The smallest absolute Gasteiger partial charge is 0.222 e. The zero-order chi connectivity index (χ0) is 15.9. The number of ether oxygens (including phenoxy) is 1. The zero-order valence-corrected chi connectivity index (χ0v) is 14.7. The van der Waals surface area contributed by atoms with Crippen LogP contribution in [0.1, 0.15) is 32.6 Å². The lowest BCUT2D eigenvalue weighted by Crippen LogP contribution is -2.45. The number of nitrogens with zero attached hydrogens (tertiary/aromatic N) is 1. The molecule has 22 heavy (non-hydrogen) atoms. The Morgan fingerprint density at radius 2 is 2.27 bits per heavy atom. The van der Waals surface area contributed by atoms with Gasteiger partial charge in [0.15, 0.2) is 0 Å². The quantitative estimate of drug-likeness (QED) is 0.784. The van der Waals surface area contributed by atoms with Crippen molar-refractivity contribution in [2.24, 2.45) is 11.7 Å². The number of para-hydroxylation sites is 1. The molecule has 0 spiro atoms. The van der Waals surface area contributed by atoms with E-state index in [0.29, 0.717) is 18.9 Å². The molecular weight excluding hydrogens is 344 g/mol. The number of carbonyl (C=O) groups is 1. The van der Waals surface area contributed by atoms with Crippen molar-refractivity contribution in [3.05, 3.63) is 28.7 Å². The van der Waals surface area contributed by atoms with Gasteiger partial charge in [0.2, 0.25) is 5.91 Å². The summed E-state index contributed by atoms with van der Waals surface area (Å²) in [6.45, 7) is 4.26. The molecule has 1 fully saturated rings. The minimum Gasteiger partial charge on any atom is -0.492 e. The average molecular weight is 369 g/mol. The highest BCUT2D eigenvalue weighted by atomic mass is 79.9. The van der Waals surface area contributed by atoms with E-state index in [9.17, 15) is 4.79 Å². The van der Waals surface area contributed by atoms with Crippen LogP contribution in [-0.4, -0.2) is 36.5 Å². The molecule has 0 aromatic heterocycles. The normalized spacial score (nSPS) is 19.8. The topological polar surface area (TPSA) is 55.6 Å². The van der Waals surface area contributed by atoms with Crippen molar-refractivity contribution in [2.75, 3.05) is 19.7 Å². The number of rotatable bonds is 6. The van der Waals surface area contributed by atoms with Gasteiger partial charge in [-0.2, -0.15) is 0 Å². The Labute approximate surface area is 141 Å². The molecule has 0 aliphatic carbocycles. The predicted octanol–water partition coefficient (Wildman–Crippen LogP) is 3.19. The van der Waals surface area contributed by atoms with Crippen LogP contribution in [0.2, 0.25) is 0 Å². The summed E-state index contributed by atoms with van der Waals surface area (Å²) in [6.07, 6.45) is 3.47. The number of amides is 1. The molecule has 0 unspecified atom stereocenters. The Balaban J connectivity index is 1.70. The number of nitrogens with two attached hydrogens (primary N) is 1. The van der Waals surface area contributed by atoms with Crippen LogP contribution in [0.5, 0.6) is 5.75 Å². The third kappa shape index (κ3) is 4.99. The Kier molecular flexibility index (Phi) is 6.70. The van der Waals surface area contributed by atoms with Gasteiger partial charge in [-0.15, -0.1) is 0 Å². The van der Waals surface area contributed by atoms with Crippen molar-refractivity contribution >= 4 is 21.8 Å².